The fourth-order valence-corrected chi connectivity index (χ4v) is 3.94. The topological polar surface area (TPSA) is 44.4 Å². The number of piperidine rings is 1. The first-order chi connectivity index (χ1) is 11.2. The van der Waals surface area contributed by atoms with Gasteiger partial charge in [0, 0.05) is 12.6 Å². The van der Waals surface area contributed by atoms with Gasteiger partial charge in [0.2, 0.25) is 0 Å². The van der Waals surface area contributed by atoms with Crippen LogP contribution in [0.4, 0.5) is 10.5 Å². The molecular weight excluding hydrogens is 310 g/mol. The van der Waals surface area contributed by atoms with E-state index in [-0.39, 0.29) is 6.03 Å². The Morgan fingerprint density at radius 2 is 1.83 bits per heavy atom. The number of likely N-dealkylation sites (tertiary alicyclic amines) is 1. The van der Waals surface area contributed by atoms with Crippen LogP contribution in [0.5, 0.6) is 0 Å². The zero-order chi connectivity index (χ0) is 16.1. The average Bonchev–Trinajstić information content (AvgIpc) is 3.10. The van der Waals surface area contributed by atoms with Crippen LogP contribution in [0.25, 0.3) is 0 Å². The van der Waals surface area contributed by atoms with Gasteiger partial charge in [-0.2, -0.15) is 0 Å². The summed E-state index contributed by atoms with van der Waals surface area (Å²) in [4.78, 5) is 14.6. The summed E-state index contributed by atoms with van der Waals surface area (Å²) in [5.41, 5.74) is 0.655. The molecule has 0 atom stereocenters. The van der Waals surface area contributed by atoms with Crippen LogP contribution < -0.4 is 10.6 Å². The Labute approximate surface area is 143 Å². The zero-order valence-corrected chi connectivity index (χ0v) is 14.3. The lowest BCUT2D eigenvalue weighted by atomic mass is 9.95. The van der Waals surface area contributed by atoms with Gasteiger partial charge in [-0.15, -0.1) is 0 Å². The summed E-state index contributed by atoms with van der Waals surface area (Å²) in [6.45, 7) is 3.11. The summed E-state index contributed by atoms with van der Waals surface area (Å²) >= 11 is 6.05. The SMILES string of the molecule is O=C(NCC1CCN(C2CCCC2)CC1)Nc1ccccc1Cl. The van der Waals surface area contributed by atoms with Crippen molar-refractivity contribution in [1.82, 2.24) is 10.2 Å². The van der Waals surface area contributed by atoms with Gasteiger partial charge in [0.05, 0.1) is 10.7 Å². The molecule has 0 unspecified atom stereocenters. The lowest BCUT2D eigenvalue weighted by molar-refractivity contribution is 0.134. The molecule has 1 aromatic rings. The van der Waals surface area contributed by atoms with Gasteiger partial charge in [-0.1, -0.05) is 36.6 Å². The van der Waals surface area contributed by atoms with Crippen molar-refractivity contribution in [2.75, 3.05) is 25.0 Å². The highest BCUT2D eigenvalue weighted by Crippen LogP contribution is 2.27. The van der Waals surface area contributed by atoms with Gasteiger partial charge in [-0.3, -0.25) is 0 Å². The van der Waals surface area contributed by atoms with Crippen molar-refractivity contribution in [3.8, 4) is 0 Å². The van der Waals surface area contributed by atoms with Gasteiger partial charge >= 0.3 is 6.03 Å². The normalized spacial score (nSPS) is 20.6. The van der Waals surface area contributed by atoms with Gasteiger partial charge in [0.15, 0.2) is 0 Å². The van der Waals surface area contributed by atoms with Gasteiger partial charge in [-0.05, 0) is 56.8 Å². The number of rotatable bonds is 4. The van der Waals surface area contributed by atoms with E-state index in [0.29, 0.717) is 16.6 Å². The molecule has 1 heterocycles. The molecule has 0 spiro atoms. The standard InChI is InChI=1S/C18H26ClN3O/c19-16-7-3-4-8-17(16)21-18(23)20-13-14-9-11-22(12-10-14)15-5-1-2-6-15/h3-4,7-8,14-15H,1-2,5-6,9-13H2,(H2,20,21,23). The fraction of sp³-hybridized carbons (Fsp3) is 0.611. The number of nitrogens with zero attached hydrogens (tertiary/aromatic N) is 1. The van der Waals surface area contributed by atoms with Crippen LogP contribution in [0.1, 0.15) is 38.5 Å². The highest BCUT2D eigenvalue weighted by Gasteiger charge is 2.27. The van der Waals surface area contributed by atoms with Gasteiger partial charge in [0.25, 0.3) is 0 Å². The van der Waals surface area contributed by atoms with Crippen LogP contribution in [0, 0.1) is 5.92 Å². The van der Waals surface area contributed by atoms with Crippen molar-refractivity contribution in [3.05, 3.63) is 29.3 Å². The molecule has 0 aromatic heterocycles. The first-order valence-corrected chi connectivity index (χ1v) is 9.13. The van der Waals surface area contributed by atoms with Crippen LogP contribution in [0.2, 0.25) is 5.02 Å². The summed E-state index contributed by atoms with van der Waals surface area (Å²) in [6, 6.07) is 7.95. The maximum atomic E-state index is 12.0. The molecule has 1 saturated heterocycles. The third kappa shape index (κ3) is 4.61. The summed E-state index contributed by atoms with van der Waals surface area (Å²) in [6.07, 6.45) is 7.92. The minimum atomic E-state index is -0.170. The largest absolute Gasteiger partial charge is 0.338 e. The van der Waals surface area contributed by atoms with Crippen LogP contribution in [0.3, 0.4) is 0 Å². The summed E-state index contributed by atoms with van der Waals surface area (Å²) in [5.74, 6) is 0.588. The number of urea groups is 1. The Hall–Kier alpha value is -1.26. The Bertz CT molecular complexity index is 523. The van der Waals surface area contributed by atoms with E-state index >= 15 is 0 Å². The lowest BCUT2D eigenvalue weighted by Crippen LogP contribution is -2.43. The predicted molar refractivity (Wildman–Crippen MR) is 95.0 cm³/mol. The molecule has 0 bridgehead atoms. The average molecular weight is 336 g/mol. The van der Waals surface area contributed by atoms with Crippen molar-refractivity contribution >= 4 is 23.3 Å². The van der Waals surface area contributed by atoms with E-state index in [1.807, 2.05) is 18.2 Å². The first-order valence-electron chi connectivity index (χ1n) is 8.76. The molecule has 1 aliphatic carbocycles. The number of anilines is 1. The maximum Gasteiger partial charge on any atom is 0.319 e. The molecule has 1 aliphatic heterocycles. The third-order valence-electron chi connectivity index (χ3n) is 5.16. The molecule has 3 rings (SSSR count). The van der Waals surface area contributed by atoms with E-state index < -0.39 is 0 Å². The number of benzene rings is 1. The van der Waals surface area contributed by atoms with Crippen LogP contribution >= 0.6 is 11.6 Å². The second-order valence-electron chi connectivity index (χ2n) is 6.73. The molecule has 4 nitrogen and oxygen atoms in total. The second-order valence-corrected chi connectivity index (χ2v) is 7.14. The predicted octanol–water partition coefficient (Wildman–Crippen LogP) is 4.12. The van der Waals surface area contributed by atoms with Crippen LogP contribution in [-0.4, -0.2) is 36.6 Å². The lowest BCUT2D eigenvalue weighted by Gasteiger charge is -2.36. The summed E-state index contributed by atoms with van der Waals surface area (Å²) < 4.78 is 0. The van der Waals surface area contributed by atoms with Crippen molar-refractivity contribution in [2.45, 2.75) is 44.6 Å². The molecule has 2 aliphatic rings. The van der Waals surface area contributed by atoms with E-state index in [9.17, 15) is 4.79 Å². The van der Waals surface area contributed by atoms with Gasteiger partial charge in [0.1, 0.15) is 0 Å². The van der Waals surface area contributed by atoms with Crippen LogP contribution in [-0.2, 0) is 0 Å². The number of carbonyl (C=O) groups is 1. The molecule has 2 N–H and O–H groups in total. The summed E-state index contributed by atoms with van der Waals surface area (Å²) in [5, 5.41) is 6.36. The Kier molecular flexibility index (Phi) is 5.79. The fourth-order valence-electron chi connectivity index (χ4n) is 3.76. The minimum Gasteiger partial charge on any atom is -0.338 e. The number of hydrogen-bond acceptors (Lipinski definition) is 2. The number of halogens is 1. The van der Waals surface area contributed by atoms with E-state index in [0.717, 1.165) is 12.6 Å². The molecule has 5 heteroatoms. The number of carbonyl (C=O) groups excluding carboxylic acids is 1. The quantitative estimate of drug-likeness (QED) is 0.869. The molecule has 126 valence electrons. The van der Waals surface area contributed by atoms with E-state index in [1.165, 1.54) is 51.6 Å². The second kappa shape index (κ2) is 8.02. The van der Waals surface area contributed by atoms with Crippen molar-refractivity contribution in [2.24, 2.45) is 5.92 Å². The number of amides is 2. The Balaban J connectivity index is 1.38. The minimum absolute atomic E-state index is 0.170. The molecule has 2 amide bonds. The number of para-hydroxylation sites is 1. The third-order valence-corrected chi connectivity index (χ3v) is 5.49. The van der Waals surface area contributed by atoms with Crippen molar-refractivity contribution < 1.29 is 4.79 Å². The maximum absolute atomic E-state index is 12.0. The Morgan fingerprint density at radius 1 is 1.13 bits per heavy atom. The molecule has 23 heavy (non-hydrogen) atoms. The van der Waals surface area contributed by atoms with E-state index in [4.69, 9.17) is 11.6 Å². The number of nitrogens with one attached hydrogen (secondary N) is 2. The molecule has 2 fully saturated rings. The summed E-state index contributed by atoms with van der Waals surface area (Å²) in [7, 11) is 0. The van der Waals surface area contributed by atoms with Crippen molar-refractivity contribution in [3.63, 3.8) is 0 Å². The Morgan fingerprint density at radius 3 is 2.52 bits per heavy atom. The van der Waals surface area contributed by atoms with Gasteiger partial charge < -0.3 is 15.5 Å². The van der Waals surface area contributed by atoms with Gasteiger partial charge in [-0.25, -0.2) is 4.79 Å². The molecular formula is C18H26ClN3O. The number of hydrogen-bond donors (Lipinski definition) is 2. The first kappa shape index (κ1) is 16.6. The monoisotopic (exact) mass is 335 g/mol. The smallest absolute Gasteiger partial charge is 0.319 e. The van der Waals surface area contributed by atoms with Crippen LogP contribution in [0.15, 0.2) is 24.3 Å². The van der Waals surface area contributed by atoms with E-state index in [1.54, 1.807) is 6.07 Å². The zero-order valence-electron chi connectivity index (χ0n) is 13.6. The molecule has 1 saturated carbocycles. The molecule has 0 radical (unpaired) electrons. The molecule has 1 aromatic carbocycles. The highest BCUT2D eigenvalue weighted by molar-refractivity contribution is 6.33. The van der Waals surface area contributed by atoms with E-state index in [2.05, 4.69) is 15.5 Å². The highest BCUT2D eigenvalue weighted by atomic mass is 35.5. The van der Waals surface area contributed by atoms with Crippen molar-refractivity contribution in [1.29, 1.82) is 0 Å².